The van der Waals surface area contributed by atoms with Gasteiger partial charge >= 0.3 is 19.8 Å². The van der Waals surface area contributed by atoms with Gasteiger partial charge in [0.2, 0.25) is 0 Å². The lowest BCUT2D eigenvalue weighted by molar-refractivity contribution is -0.161. The van der Waals surface area contributed by atoms with E-state index in [-0.39, 0.29) is 19.4 Å². The summed E-state index contributed by atoms with van der Waals surface area (Å²) < 4.78 is 32.7. The maximum Gasteiger partial charge on any atom is 0.472 e. The van der Waals surface area contributed by atoms with Crippen LogP contribution in [0.4, 0.5) is 0 Å². The van der Waals surface area contributed by atoms with Crippen LogP contribution >= 0.6 is 7.82 Å². The fourth-order valence-electron chi connectivity index (χ4n) is 5.86. The van der Waals surface area contributed by atoms with Crippen LogP contribution in [0.3, 0.4) is 0 Å². The van der Waals surface area contributed by atoms with Crippen LogP contribution in [0, 0.1) is 0 Å². The Morgan fingerprint density at radius 3 is 1.41 bits per heavy atom. The Morgan fingerprint density at radius 1 is 0.517 bits per heavy atom. The zero-order valence-electron chi connectivity index (χ0n) is 36.5. The van der Waals surface area contributed by atoms with E-state index in [1.807, 2.05) is 6.08 Å². The van der Waals surface area contributed by atoms with E-state index in [1.54, 1.807) is 0 Å². The molecule has 3 N–H and O–H groups in total. The van der Waals surface area contributed by atoms with Crippen LogP contribution in [0.5, 0.6) is 0 Å². The molecule has 0 aromatic rings. The molecular formula is C47H83O10P. The smallest absolute Gasteiger partial charge is 0.462 e. The lowest BCUT2D eigenvalue weighted by Crippen LogP contribution is -2.29. The third-order valence-electron chi connectivity index (χ3n) is 9.39. The molecule has 0 bridgehead atoms. The van der Waals surface area contributed by atoms with Gasteiger partial charge in [0, 0.05) is 12.8 Å². The van der Waals surface area contributed by atoms with Crippen LogP contribution in [-0.4, -0.2) is 65.7 Å². The number of rotatable bonds is 42. The Labute approximate surface area is 353 Å². The minimum atomic E-state index is -4.63. The molecule has 0 radical (unpaired) electrons. The number of ether oxygens (including phenoxy) is 2. The summed E-state index contributed by atoms with van der Waals surface area (Å²) in [7, 11) is -4.63. The summed E-state index contributed by atoms with van der Waals surface area (Å²) in [6.07, 6.45) is 47.7. The van der Waals surface area contributed by atoms with Gasteiger partial charge in [0.25, 0.3) is 0 Å². The number of carbonyl (C=O) groups is 2. The molecule has 11 heteroatoms. The molecule has 0 spiro atoms. The number of esters is 2. The minimum absolute atomic E-state index is 0.160. The third kappa shape index (κ3) is 41.8. The van der Waals surface area contributed by atoms with Gasteiger partial charge in [-0.1, -0.05) is 158 Å². The van der Waals surface area contributed by atoms with Crippen molar-refractivity contribution < 1.29 is 47.8 Å². The second kappa shape index (κ2) is 42.8. The predicted octanol–water partition coefficient (Wildman–Crippen LogP) is 12.3. The second-order valence-electron chi connectivity index (χ2n) is 15.1. The fourth-order valence-corrected chi connectivity index (χ4v) is 6.65. The molecule has 0 saturated heterocycles. The van der Waals surface area contributed by atoms with Crippen molar-refractivity contribution in [3.63, 3.8) is 0 Å². The topological polar surface area (TPSA) is 149 Å². The summed E-state index contributed by atoms with van der Waals surface area (Å²) in [5.41, 5.74) is 0. The summed E-state index contributed by atoms with van der Waals surface area (Å²) in [4.78, 5) is 35.0. The van der Waals surface area contributed by atoms with E-state index in [4.69, 9.17) is 19.1 Å². The molecule has 0 amide bonds. The number of phosphoric ester groups is 1. The average Bonchev–Trinajstić information content (AvgIpc) is 3.21. The van der Waals surface area contributed by atoms with E-state index in [1.165, 1.54) is 83.5 Å². The lowest BCUT2D eigenvalue weighted by Gasteiger charge is -2.20. The third-order valence-corrected chi connectivity index (χ3v) is 10.3. The molecule has 0 fully saturated rings. The molecule has 0 aromatic heterocycles. The van der Waals surface area contributed by atoms with Crippen LogP contribution < -0.4 is 0 Å². The Kier molecular flexibility index (Phi) is 41.1. The molecule has 0 rings (SSSR count). The number of phosphoric acid groups is 1. The van der Waals surface area contributed by atoms with Gasteiger partial charge in [0.1, 0.15) is 12.7 Å². The quantitative estimate of drug-likeness (QED) is 0.0235. The van der Waals surface area contributed by atoms with Gasteiger partial charge < -0.3 is 24.6 Å². The largest absolute Gasteiger partial charge is 0.472 e. The predicted molar refractivity (Wildman–Crippen MR) is 237 cm³/mol. The number of unbranched alkanes of at least 4 members (excludes halogenated alkanes) is 18. The van der Waals surface area contributed by atoms with Crippen molar-refractivity contribution in [1.29, 1.82) is 0 Å². The fraction of sp³-hybridized carbons (Fsp3) is 0.745. The van der Waals surface area contributed by atoms with E-state index in [2.05, 4.69) is 73.1 Å². The molecule has 0 saturated carbocycles. The average molecular weight is 839 g/mol. The molecule has 0 heterocycles. The molecule has 3 atom stereocenters. The lowest BCUT2D eigenvalue weighted by atomic mass is 10.1. The van der Waals surface area contributed by atoms with Crippen molar-refractivity contribution in [2.45, 2.75) is 199 Å². The number of allylic oxidation sites excluding steroid dienone is 10. The highest BCUT2D eigenvalue weighted by atomic mass is 31.2. The summed E-state index contributed by atoms with van der Waals surface area (Å²) in [6.45, 7) is 2.29. The molecule has 0 aliphatic heterocycles. The van der Waals surface area contributed by atoms with Gasteiger partial charge in [-0.15, -0.1) is 0 Å². The monoisotopic (exact) mass is 839 g/mol. The van der Waals surface area contributed by atoms with Crippen LogP contribution in [0.1, 0.15) is 187 Å². The van der Waals surface area contributed by atoms with E-state index < -0.39 is 51.8 Å². The molecule has 0 aliphatic rings. The zero-order valence-corrected chi connectivity index (χ0v) is 37.4. The first-order chi connectivity index (χ1) is 28.2. The standard InChI is InChI=1S/C47H83O10P/c1-3-5-7-9-11-13-15-17-19-20-21-22-23-24-25-27-28-30-32-34-36-38-46(50)54-42-45(43-56-58(52,53)55-41-44(49)40-48)57-47(51)39-37-35-33-31-29-26-18-16-14-12-10-8-6-4-2/h16,18-20,22-23,25,27,30,32,44-45,48-49H,3-15,17,21,24,26,28-29,31,33-43H2,1-2H3,(H,52,53)/b18-16+,20-19+,23-22+,27-25+,32-30+/t44-,45+/m1/s1. The normalized spacial score (nSPS) is 14.4. The Bertz CT molecular complexity index is 1150. The van der Waals surface area contributed by atoms with Gasteiger partial charge in [0.15, 0.2) is 6.10 Å². The van der Waals surface area contributed by atoms with Crippen LogP contribution in [-0.2, 0) is 32.7 Å². The molecule has 0 aliphatic carbocycles. The zero-order chi connectivity index (χ0) is 42.6. The van der Waals surface area contributed by atoms with Crippen LogP contribution in [0.25, 0.3) is 0 Å². The molecule has 0 aromatic carbocycles. The van der Waals surface area contributed by atoms with Crippen molar-refractivity contribution in [3.05, 3.63) is 60.8 Å². The summed E-state index contributed by atoms with van der Waals surface area (Å²) >= 11 is 0. The molecule has 58 heavy (non-hydrogen) atoms. The number of aliphatic hydroxyl groups excluding tert-OH is 2. The number of hydrogen-bond acceptors (Lipinski definition) is 9. The van der Waals surface area contributed by atoms with E-state index >= 15 is 0 Å². The van der Waals surface area contributed by atoms with Crippen molar-refractivity contribution in [1.82, 2.24) is 0 Å². The SMILES string of the molecule is CCCCCCC/C=C/CCCCCCCC(=O)O[C@@H](COC(=O)CCC/C=C/C/C=C/C/C=C/C/C=C/CCCCCCCCC)COP(=O)(O)OC[C@H](O)CO. The van der Waals surface area contributed by atoms with Gasteiger partial charge in [-0.2, -0.15) is 0 Å². The second-order valence-corrected chi connectivity index (χ2v) is 16.5. The highest BCUT2D eigenvalue weighted by Gasteiger charge is 2.27. The van der Waals surface area contributed by atoms with Crippen LogP contribution in [0.2, 0.25) is 0 Å². The molecule has 336 valence electrons. The molecule has 1 unspecified atom stereocenters. The van der Waals surface area contributed by atoms with Crippen molar-refractivity contribution in [2.75, 3.05) is 26.4 Å². The van der Waals surface area contributed by atoms with Crippen LogP contribution in [0.15, 0.2) is 60.8 Å². The summed E-state index contributed by atoms with van der Waals surface area (Å²) in [6, 6.07) is 0. The van der Waals surface area contributed by atoms with E-state index in [0.717, 1.165) is 57.8 Å². The Morgan fingerprint density at radius 2 is 0.914 bits per heavy atom. The molecular weight excluding hydrogens is 755 g/mol. The maximum absolute atomic E-state index is 12.6. The van der Waals surface area contributed by atoms with Crippen molar-refractivity contribution in [3.8, 4) is 0 Å². The first kappa shape index (κ1) is 55.7. The number of aliphatic hydroxyl groups is 2. The van der Waals surface area contributed by atoms with Gasteiger partial charge in [-0.25, -0.2) is 4.57 Å². The summed E-state index contributed by atoms with van der Waals surface area (Å²) in [5, 5.41) is 18.3. The maximum atomic E-state index is 12.6. The Balaban J connectivity index is 4.37. The first-order valence-corrected chi connectivity index (χ1v) is 24.2. The Hall–Kier alpha value is -2.33. The highest BCUT2D eigenvalue weighted by molar-refractivity contribution is 7.47. The molecule has 10 nitrogen and oxygen atoms in total. The first-order valence-electron chi connectivity index (χ1n) is 22.7. The highest BCUT2D eigenvalue weighted by Crippen LogP contribution is 2.43. The van der Waals surface area contributed by atoms with E-state index in [0.29, 0.717) is 19.3 Å². The summed E-state index contributed by atoms with van der Waals surface area (Å²) in [5.74, 6) is -1.00. The van der Waals surface area contributed by atoms with Crippen molar-refractivity contribution >= 4 is 19.8 Å². The van der Waals surface area contributed by atoms with E-state index in [9.17, 15) is 24.2 Å². The number of carbonyl (C=O) groups excluding carboxylic acids is 2. The number of hydrogen-bond donors (Lipinski definition) is 3. The van der Waals surface area contributed by atoms with Gasteiger partial charge in [-0.05, 0) is 77.0 Å². The van der Waals surface area contributed by atoms with Crippen molar-refractivity contribution in [2.24, 2.45) is 0 Å². The van der Waals surface area contributed by atoms with Gasteiger partial charge in [0.05, 0.1) is 19.8 Å². The van der Waals surface area contributed by atoms with Gasteiger partial charge in [-0.3, -0.25) is 18.6 Å². The minimum Gasteiger partial charge on any atom is -0.462 e.